The molecule has 0 amide bonds. The van der Waals surface area contributed by atoms with Crippen LogP contribution in [0.2, 0.25) is 0 Å². The molecule has 0 saturated heterocycles. The van der Waals surface area contributed by atoms with E-state index in [4.69, 9.17) is 5.11 Å². The van der Waals surface area contributed by atoms with Gasteiger partial charge in [0.15, 0.2) is 0 Å². The first-order chi connectivity index (χ1) is 12.7. The zero-order valence-electron chi connectivity index (χ0n) is 13.9. The first kappa shape index (κ1) is 28.8. The Hall–Kier alpha value is -1.23. The highest BCUT2D eigenvalue weighted by molar-refractivity contribution is 5.15. The molecular formula is C12H9F17O. The molecule has 0 bridgehead atoms. The molecule has 1 nitrogen and oxygen atoms in total. The predicted molar refractivity (Wildman–Crippen MR) is 61.6 cm³/mol. The van der Waals surface area contributed by atoms with Crippen LogP contribution in [-0.4, -0.2) is 58.8 Å². The highest BCUT2D eigenvalue weighted by Crippen LogP contribution is 2.64. The summed E-state index contributed by atoms with van der Waals surface area (Å²) in [7, 11) is 0. The molecule has 30 heavy (non-hydrogen) atoms. The molecule has 0 aromatic carbocycles. The van der Waals surface area contributed by atoms with Gasteiger partial charge in [0.2, 0.25) is 0 Å². The Balaban J connectivity index is 6.55. The molecule has 0 radical (unpaired) electrons. The first-order valence-electron chi connectivity index (χ1n) is 7.06. The van der Waals surface area contributed by atoms with E-state index in [0.29, 0.717) is 6.92 Å². The summed E-state index contributed by atoms with van der Waals surface area (Å²) in [6.45, 7) is 0.592. The molecule has 0 saturated carbocycles. The molecule has 0 aromatic rings. The number of aliphatic hydroxyl groups is 1. The second kappa shape index (κ2) is 7.43. The minimum Gasteiger partial charge on any atom is -0.393 e. The minimum atomic E-state index is -8.62. The van der Waals surface area contributed by atoms with Crippen LogP contribution in [0.4, 0.5) is 74.6 Å². The quantitative estimate of drug-likeness (QED) is 0.383. The molecule has 1 atom stereocenters. The molecule has 0 spiro atoms. The van der Waals surface area contributed by atoms with Crippen molar-refractivity contribution < 1.29 is 79.7 Å². The molecule has 0 rings (SSSR count). The van der Waals surface area contributed by atoms with Gasteiger partial charge >= 0.3 is 47.6 Å². The topological polar surface area (TPSA) is 20.2 Å². The van der Waals surface area contributed by atoms with Gasteiger partial charge in [0, 0.05) is 6.42 Å². The van der Waals surface area contributed by atoms with Crippen molar-refractivity contribution in [1.29, 1.82) is 0 Å². The van der Waals surface area contributed by atoms with Crippen molar-refractivity contribution in [2.45, 2.75) is 73.5 Å². The SMILES string of the molecule is CC(O)CCC(F)(F)C(F)(F)C(F)(F)C(F)(F)C(F)(F)C(F)(F)C(F)(F)C(F)(F)F. The van der Waals surface area contributed by atoms with Crippen molar-refractivity contribution in [3.8, 4) is 0 Å². The normalized spacial score (nSPS) is 17.3. The molecular weight excluding hydrogens is 483 g/mol. The Kier molecular flexibility index (Phi) is 7.12. The van der Waals surface area contributed by atoms with Gasteiger partial charge in [-0.05, 0) is 13.3 Å². The van der Waals surface area contributed by atoms with Crippen molar-refractivity contribution in [3.05, 3.63) is 0 Å². The minimum absolute atomic E-state index is 0.592. The van der Waals surface area contributed by atoms with Crippen LogP contribution < -0.4 is 0 Å². The van der Waals surface area contributed by atoms with Gasteiger partial charge in [0.05, 0.1) is 6.10 Å². The third kappa shape index (κ3) is 3.87. The molecule has 0 aliphatic rings. The molecule has 0 aliphatic carbocycles. The van der Waals surface area contributed by atoms with E-state index in [-0.39, 0.29) is 0 Å². The van der Waals surface area contributed by atoms with Crippen LogP contribution in [0.3, 0.4) is 0 Å². The van der Waals surface area contributed by atoms with E-state index in [1.165, 1.54) is 0 Å². The number of halogens is 17. The van der Waals surface area contributed by atoms with Crippen LogP contribution in [-0.2, 0) is 0 Å². The molecule has 182 valence electrons. The van der Waals surface area contributed by atoms with E-state index in [2.05, 4.69) is 0 Å². The number of hydrogen-bond acceptors (Lipinski definition) is 1. The van der Waals surface area contributed by atoms with E-state index >= 15 is 0 Å². The van der Waals surface area contributed by atoms with Crippen LogP contribution in [0.1, 0.15) is 19.8 Å². The number of alkyl halides is 17. The zero-order valence-corrected chi connectivity index (χ0v) is 13.9. The maximum atomic E-state index is 13.3. The van der Waals surface area contributed by atoms with Crippen LogP contribution in [0.5, 0.6) is 0 Å². The van der Waals surface area contributed by atoms with Gasteiger partial charge in [0.1, 0.15) is 0 Å². The Morgan fingerprint density at radius 2 is 0.767 bits per heavy atom. The Bertz CT molecular complexity index is 602. The summed E-state index contributed by atoms with van der Waals surface area (Å²) in [5.74, 6) is -56.2. The lowest BCUT2D eigenvalue weighted by Crippen LogP contribution is -2.74. The van der Waals surface area contributed by atoms with E-state index in [0.717, 1.165) is 0 Å². The Morgan fingerprint density at radius 1 is 0.500 bits per heavy atom. The van der Waals surface area contributed by atoms with E-state index in [9.17, 15) is 74.6 Å². The fraction of sp³-hybridized carbons (Fsp3) is 1.00. The average molecular weight is 492 g/mol. The number of aliphatic hydroxyl groups excluding tert-OH is 1. The summed E-state index contributed by atoms with van der Waals surface area (Å²) in [4.78, 5) is 0. The fourth-order valence-electron chi connectivity index (χ4n) is 1.74. The summed E-state index contributed by atoms with van der Waals surface area (Å²) in [5, 5.41) is 8.62. The van der Waals surface area contributed by atoms with E-state index in [1.807, 2.05) is 0 Å². The summed E-state index contributed by atoms with van der Waals surface area (Å²) in [6, 6.07) is 0. The highest BCUT2D eigenvalue weighted by atomic mass is 19.4. The fourth-order valence-corrected chi connectivity index (χ4v) is 1.74. The monoisotopic (exact) mass is 492 g/mol. The molecule has 0 fully saturated rings. The standard InChI is InChI=1S/C12H9F17O/c1-4(30)2-3-5(13,14)6(15,16)7(17,18)8(19,20)9(21,22)10(23,24)11(25,26)12(27,28)29/h4,30H,2-3H2,1H3. The van der Waals surface area contributed by atoms with Gasteiger partial charge < -0.3 is 5.11 Å². The largest absolute Gasteiger partial charge is 0.460 e. The number of rotatable bonds is 9. The molecule has 18 heteroatoms. The van der Waals surface area contributed by atoms with Crippen molar-refractivity contribution in [1.82, 2.24) is 0 Å². The highest BCUT2D eigenvalue weighted by Gasteiger charge is 2.95. The van der Waals surface area contributed by atoms with Crippen LogP contribution >= 0.6 is 0 Å². The van der Waals surface area contributed by atoms with Crippen LogP contribution in [0.15, 0.2) is 0 Å². The van der Waals surface area contributed by atoms with Gasteiger partial charge in [-0.25, -0.2) is 0 Å². The van der Waals surface area contributed by atoms with E-state index in [1.54, 1.807) is 0 Å². The second-order valence-corrected chi connectivity index (χ2v) is 6.04. The van der Waals surface area contributed by atoms with Crippen molar-refractivity contribution in [3.63, 3.8) is 0 Å². The molecule has 1 unspecified atom stereocenters. The zero-order chi connectivity index (χ0) is 25.0. The summed E-state index contributed by atoms with van der Waals surface area (Å²) >= 11 is 0. The van der Waals surface area contributed by atoms with Gasteiger partial charge in [-0.1, -0.05) is 0 Å². The van der Waals surface area contributed by atoms with Crippen molar-refractivity contribution >= 4 is 0 Å². The second-order valence-electron chi connectivity index (χ2n) is 6.04. The van der Waals surface area contributed by atoms with Gasteiger partial charge in [0.25, 0.3) is 0 Å². The van der Waals surface area contributed by atoms with Crippen LogP contribution in [0.25, 0.3) is 0 Å². The summed E-state index contributed by atoms with van der Waals surface area (Å²) < 4.78 is 219. The molecule has 1 N–H and O–H groups in total. The molecule has 0 aliphatic heterocycles. The van der Waals surface area contributed by atoms with Gasteiger partial charge in [-0.2, -0.15) is 74.6 Å². The third-order valence-corrected chi connectivity index (χ3v) is 3.66. The van der Waals surface area contributed by atoms with E-state index < -0.39 is 66.6 Å². The lowest BCUT2D eigenvalue weighted by molar-refractivity contribution is -0.461. The smallest absolute Gasteiger partial charge is 0.393 e. The molecule has 0 aromatic heterocycles. The summed E-state index contributed by atoms with van der Waals surface area (Å²) in [5.41, 5.74) is 0. The van der Waals surface area contributed by atoms with Gasteiger partial charge in [-0.15, -0.1) is 0 Å². The average Bonchev–Trinajstić information content (AvgIpc) is 2.50. The summed E-state index contributed by atoms with van der Waals surface area (Å²) in [6.07, 6.45) is -13.9. The first-order valence-corrected chi connectivity index (χ1v) is 7.06. The van der Waals surface area contributed by atoms with Crippen molar-refractivity contribution in [2.24, 2.45) is 0 Å². The van der Waals surface area contributed by atoms with Crippen LogP contribution in [0, 0.1) is 0 Å². The van der Waals surface area contributed by atoms with Crippen molar-refractivity contribution in [2.75, 3.05) is 0 Å². The molecule has 0 heterocycles. The maximum absolute atomic E-state index is 13.3. The lowest BCUT2D eigenvalue weighted by atomic mass is 9.88. The Labute approximate surface area is 154 Å². The maximum Gasteiger partial charge on any atom is 0.460 e. The lowest BCUT2D eigenvalue weighted by Gasteiger charge is -2.42. The number of hydrogen-bond donors (Lipinski definition) is 1. The van der Waals surface area contributed by atoms with Gasteiger partial charge in [-0.3, -0.25) is 0 Å². The third-order valence-electron chi connectivity index (χ3n) is 3.66. The Morgan fingerprint density at radius 3 is 1.03 bits per heavy atom. The predicted octanol–water partition coefficient (Wildman–Crippen LogP) is 6.16.